The molecule has 16 heavy (non-hydrogen) atoms. The largest absolute Gasteiger partial charge is 0.370 e. The smallest absolute Gasteiger partial charge is 0.185 e. The minimum atomic E-state index is -2.67. The highest BCUT2D eigenvalue weighted by Gasteiger charge is 1.79. The number of nitrogens with two attached hydrogens (primary N) is 2. The number of carbonyl (C=O) groups is 1. The Bertz CT molecular complexity index is 256. The van der Waals surface area contributed by atoms with Crippen molar-refractivity contribution in [3.63, 3.8) is 0 Å². The van der Waals surface area contributed by atoms with Crippen molar-refractivity contribution in [1.29, 1.82) is 0 Å². The summed E-state index contributed by atoms with van der Waals surface area (Å²) in [7, 11) is -1.13. The summed E-state index contributed by atoms with van der Waals surface area (Å²) >= 11 is 0. The fraction of sp³-hybridized carbons (Fsp3) is 0.778. The van der Waals surface area contributed by atoms with Crippen LogP contribution in [0.25, 0.3) is 0 Å². The highest BCUT2D eigenvalue weighted by Crippen LogP contribution is 1.61. The van der Waals surface area contributed by atoms with Gasteiger partial charge in [0.05, 0.1) is 0 Å². The van der Waals surface area contributed by atoms with Crippen LogP contribution >= 0.6 is 0 Å². The third-order valence-electron chi connectivity index (χ3n) is 0.258. The van der Waals surface area contributed by atoms with Crippen molar-refractivity contribution >= 4 is 21.6 Å². The number of hydrogen-bond donors (Lipinski definition) is 2. The number of ketones is 1. The molecule has 0 aromatic heterocycles. The molecular formula is C9H27N3O3S. The summed E-state index contributed by atoms with van der Waals surface area (Å²) in [5.41, 5.74) is 9.64. The second kappa shape index (κ2) is 16.3. The zero-order valence-corrected chi connectivity index (χ0v) is 10.1. The zero-order valence-electron chi connectivity index (χ0n) is 9.23. The van der Waals surface area contributed by atoms with E-state index in [1.165, 1.54) is 20.9 Å². The van der Waals surface area contributed by atoms with Gasteiger partial charge in [0.25, 0.3) is 0 Å². The van der Waals surface area contributed by atoms with E-state index in [0.29, 0.717) is 0 Å². The third kappa shape index (κ3) is 2300. The second-order valence-corrected chi connectivity index (χ2v) is 4.99. The van der Waals surface area contributed by atoms with E-state index in [1.54, 1.807) is 0 Å². The van der Waals surface area contributed by atoms with Gasteiger partial charge in [0, 0.05) is 19.6 Å². The minimum Gasteiger partial charge on any atom is -0.370 e. The Morgan fingerprint density at radius 1 is 1.06 bits per heavy atom. The monoisotopic (exact) mass is 257 g/mol. The zero-order chi connectivity index (χ0) is 12.4. The Kier molecular flexibility index (Phi) is 30.0. The normalized spacial score (nSPS) is 7.31. The average molecular weight is 257 g/mol. The van der Waals surface area contributed by atoms with E-state index >= 15 is 0 Å². The van der Waals surface area contributed by atoms with Gasteiger partial charge in [0.2, 0.25) is 0 Å². The number of aliphatic imine (C=N–C) groups is 1. The first-order chi connectivity index (χ1) is 6.00. The summed E-state index contributed by atoms with van der Waals surface area (Å²) in [4.78, 5) is 12.8. The Morgan fingerprint density at radius 2 is 1.12 bits per heavy atom. The molecule has 0 radical (unpaired) electrons. The van der Waals surface area contributed by atoms with Crippen LogP contribution in [-0.4, -0.2) is 39.7 Å². The Labute approximate surface area is 100 Å². The van der Waals surface area contributed by atoms with Crippen LogP contribution in [-0.2, 0) is 14.6 Å². The maximum absolute atomic E-state index is 9.63. The molecule has 6 nitrogen and oxygen atoms in total. The average Bonchev–Trinajstić information content (AvgIpc) is 1.82. The van der Waals surface area contributed by atoms with E-state index in [-0.39, 0.29) is 26.6 Å². The Balaban J connectivity index is -0.0000000358. The van der Waals surface area contributed by atoms with Crippen LogP contribution in [0, 0.1) is 0 Å². The van der Waals surface area contributed by atoms with Gasteiger partial charge in [-0.15, -0.1) is 0 Å². The highest BCUT2D eigenvalue weighted by atomic mass is 32.2. The SMILES string of the molecule is C.C.CC(C)=O.CN=C(N)N.CS(C)(=O)=O. The van der Waals surface area contributed by atoms with Crippen molar-refractivity contribution in [3.8, 4) is 0 Å². The number of nitrogens with zero attached hydrogens (tertiary/aromatic N) is 1. The summed E-state index contributed by atoms with van der Waals surface area (Å²) in [6.45, 7) is 3.06. The van der Waals surface area contributed by atoms with Crippen LogP contribution in [0.15, 0.2) is 4.99 Å². The van der Waals surface area contributed by atoms with Gasteiger partial charge in [-0.25, -0.2) is 8.42 Å². The molecule has 0 amide bonds. The number of hydrogen-bond acceptors (Lipinski definition) is 4. The van der Waals surface area contributed by atoms with E-state index in [2.05, 4.69) is 4.99 Å². The van der Waals surface area contributed by atoms with Gasteiger partial charge < -0.3 is 16.3 Å². The molecular weight excluding hydrogens is 230 g/mol. The molecule has 0 aliphatic rings. The first kappa shape index (κ1) is 29.4. The molecule has 0 aliphatic carbocycles. The van der Waals surface area contributed by atoms with Crippen molar-refractivity contribution in [2.45, 2.75) is 28.7 Å². The number of guanidine groups is 1. The lowest BCUT2D eigenvalue weighted by Gasteiger charge is -1.77. The Morgan fingerprint density at radius 3 is 1.12 bits per heavy atom. The maximum Gasteiger partial charge on any atom is 0.185 e. The van der Waals surface area contributed by atoms with Crippen LogP contribution < -0.4 is 11.5 Å². The third-order valence-corrected chi connectivity index (χ3v) is 0.258. The highest BCUT2D eigenvalue weighted by molar-refractivity contribution is 7.89. The van der Waals surface area contributed by atoms with Gasteiger partial charge in [-0.2, -0.15) is 0 Å². The number of carbonyl (C=O) groups excluding carboxylic acids is 1. The summed E-state index contributed by atoms with van der Waals surface area (Å²) in [6, 6.07) is 0. The minimum absolute atomic E-state index is 0. The molecule has 0 aliphatic heterocycles. The molecule has 0 atom stereocenters. The molecule has 0 spiro atoms. The quantitative estimate of drug-likeness (QED) is 0.482. The fourth-order valence-electron chi connectivity index (χ4n) is 0. The molecule has 0 rings (SSSR count). The molecule has 0 aromatic carbocycles. The summed E-state index contributed by atoms with van der Waals surface area (Å²) in [5, 5.41) is 0. The van der Waals surface area contributed by atoms with Crippen molar-refractivity contribution in [3.05, 3.63) is 0 Å². The van der Waals surface area contributed by atoms with Crippen molar-refractivity contribution in [2.24, 2.45) is 16.5 Å². The van der Waals surface area contributed by atoms with Crippen LogP contribution in [0.4, 0.5) is 0 Å². The topological polar surface area (TPSA) is 116 Å². The van der Waals surface area contributed by atoms with Crippen molar-refractivity contribution < 1.29 is 13.2 Å². The summed E-state index contributed by atoms with van der Waals surface area (Å²) in [5.74, 6) is 0.296. The number of Topliss-reactive ketones (excluding diaryl/α,β-unsaturated/α-hetero) is 1. The van der Waals surface area contributed by atoms with Crippen molar-refractivity contribution in [1.82, 2.24) is 0 Å². The number of sulfone groups is 1. The molecule has 0 heterocycles. The van der Waals surface area contributed by atoms with Crippen LogP contribution in [0.3, 0.4) is 0 Å². The van der Waals surface area contributed by atoms with Crippen LogP contribution in [0.1, 0.15) is 28.7 Å². The molecule has 0 saturated carbocycles. The van der Waals surface area contributed by atoms with E-state index < -0.39 is 9.84 Å². The number of rotatable bonds is 0. The lowest BCUT2D eigenvalue weighted by molar-refractivity contribution is -0.114. The van der Waals surface area contributed by atoms with Gasteiger partial charge in [0.15, 0.2) is 5.96 Å². The van der Waals surface area contributed by atoms with Crippen molar-refractivity contribution in [2.75, 3.05) is 19.6 Å². The predicted octanol–water partition coefficient (Wildman–Crippen LogP) is 0.418. The van der Waals surface area contributed by atoms with E-state index in [9.17, 15) is 13.2 Å². The lowest BCUT2D eigenvalue weighted by Crippen LogP contribution is -2.21. The molecule has 0 saturated heterocycles. The maximum atomic E-state index is 9.63. The van der Waals surface area contributed by atoms with Gasteiger partial charge >= 0.3 is 0 Å². The van der Waals surface area contributed by atoms with Gasteiger partial charge in [-0.3, -0.25) is 4.99 Å². The molecule has 0 bridgehead atoms. The summed E-state index contributed by atoms with van der Waals surface area (Å²) < 4.78 is 19.3. The van der Waals surface area contributed by atoms with Crippen LogP contribution in [0.2, 0.25) is 0 Å². The molecule has 4 N–H and O–H groups in total. The molecule has 0 unspecified atom stereocenters. The second-order valence-electron chi connectivity index (χ2n) is 2.70. The standard InChI is InChI=1S/C3H6O.C2H7N3.C2H6O2S.2CH4/c1-3(2)4;1-5-2(3)4;1-5(2,3)4;;/h1-2H3;1H3,(H4,3,4,5);1-2H3;2*1H4. The predicted molar refractivity (Wildman–Crippen MR) is 72.3 cm³/mol. The Hall–Kier alpha value is -1.11. The molecule has 7 heteroatoms. The lowest BCUT2D eigenvalue weighted by atomic mass is 10.6. The molecule has 102 valence electrons. The van der Waals surface area contributed by atoms with Crippen LogP contribution in [0.5, 0.6) is 0 Å². The first-order valence-corrected chi connectivity index (χ1v) is 5.90. The molecule has 0 aromatic rings. The van der Waals surface area contributed by atoms with Gasteiger partial charge in [-0.1, -0.05) is 14.9 Å². The van der Waals surface area contributed by atoms with E-state index in [1.807, 2.05) is 0 Å². The molecule has 0 fully saturated rings. The van der Waals surface area contributed by atoms with Gasteiger partial charge in [-0.05, 0) is 13.8 Å². The first-order valence-electron chi connectivity index (χ1n) is 3.60. The van der Waals surface area contributed by atoms with E-state index in [4.69, 9.17) is 11.5 Å². The fourth-order valence-corrected chi connectivity index (χ4v) is 0. The van der Waals surface area contributed by atoms with E-state index in [0.717, 1.165) is 12.5 Å². The summed E-state index contributed by atoms with van der Waals surface area (Å²) in [6.07, 6.45) is 2.32. The van der Waals surface area contributed by atoms with Gasteiger partial charge in [0.1, 0.15) is 15.6 Å².